The first-order valence-corrected chi connectivity index (χ1v) is 6.52. The van der Waals surface area contributed by atoms with Crippen LogP contribution in [0.25, 0.3) is 0 Å². The van der Waals surface area contributed by atoms with Gasteiger partial charge in [-0.2, -0.15) is 0 Å². The number of nitrogens with zero attached hydrogens (tertiary/aromatic N) is 1. The Labute approximate surface area is 108 Å². The summed E-state index contributed by atoms with van der Waals surface area (Å²) in [5, 5.41) is 3.21. The number of nitrogens with two attached hydrogens (primary N) is 1. The van der Waals surface area contributed by atoms with Crippen molar-refractivity contribution in [2.24, 2.45) is 5.73 Å². The lowest BCUT2D eigenvalue weighted by molar-refractivity contribution is -0.120. The highest BCUT2D eigenvalue weighted by molar-refractivity contribution is 5.80. The molecule has 0 bridgehead atoms. The molecule has 18 heavy (non-hydrogen) atoms. The topological polar surface area (TPSA) is 58.4 Å². The Morgan fingerprint density at radius 2 is 2.00 bits per heavy atom. The summed E-state index contributed by atoms with van der Waals surface area (Å²) in [6.45, 7) is 5.41. The van der Waals surface area contributed by atoms with E-state index in [1.807, 2.05) is 0 Å². The third-order valence-corrected chi connectivity index (χ3v) is 3.33. The molecule has 1 aromatic carbocycles. The number of benzene rings is 1. The molecule has 2 rings (SSSR count). The molecule has 1 heterocycles. The molecule has 0 aromatic heterocycles. The van der Waals surface area contributed by atoms with Gasteiger partial charge in [0.05, 0.1) is 6.04 Å². The van der Waals surface area contributed by atoms with Gasteiger partial charge in [-0.25, -0.2) is 0 Å². The van der Waals surface area contributed by atoms with Crippen LogP contribution in [-0.4, -0.2) is 29.9 Å². The van der Waals surface area contributed by atoms with E-state index < -0.39 is 0 Å². The zero-order chi connectivity index (χ0) is 13.0. The maximum Gasteiger partial charge on any atom is 0.235 e. The van der Waals surface area contributed by atoms with Gasteiger partial charge in [-0.15, -0.1) is 0 Å². The smallest absolute Gasteiger partial charge is 0.235 e. The van der Waals surface area contributed by atoms with Crippen molar-refractivity contribution in [2.75, 3.05) is 13.1 Å². The minimum Gasteiger partial charge on any atom is -0.368 e. The lowest BCUT2D eigenvalue weighted by Gasteiger charge is -2.22. The summed E-state index contributed by atoms with van der Waals surface area (Å²) in [7, 11) is 0. The maximum atomic E-state index is 11.4. The summed E-state index contributed by atoms with van der Waals surface area (Å²) in [4.78, 5) is 13.7. The molecule has 3 N–H and O–H groups in total. The van der Waals surface area contributed by atoms with E-state index in [1.165, 1.54) is 11.1 Å². The second kappa shape index (κ2) is 5.98. The molecular weight excluding hydrogens is 226 g/mol. The molecular formula is C14H21N3O. The number of carbonyl (C=O) groups excluding carboxylic acids is 1. The lowest BCUT2D eigenvalue weighted by Crippen LogP contribution is -2.48. The second-order valence-corrected chi connectivity index (χ2v) is 4.85. The van der Waals surface area contributed by atoms with Crippen LogP contribution in [0.4, 0.5) is 0 Å². The van der Waals surface area contributed by atoms with E-state index in [1.54, 1.807) is 0 Å². The van der Waals surface area contributed by atoms with Crippen molar-refractivity contribution in [2.45, 2.75) is 32.5 Å². The molecule has 1 aliphatic rings. The highest BCUT2D eigenvalue weighted by atomic mass is 16.1. The summed E-state index contributed by atoms with van der Waals surface area (Å²) < 4.78 is 0. The van der Waals surface area contributed by atoms with Crippen molar-refractivity contribution in [1.82, 2.24) is 10.2 Å². The Morgan fingerprint density at radius 3 is 2.50 bits per heavy atom. The van der Waals surface area contributed by atoms with Gasteiger partial charge in [-0.1, -0.05) is 31.2 Å². The molecule has 0 aliphatic carbocycles. The lowest BCUT2D eigenvalue weighted by atomic mass is 10.1. The molecule has 1 unspecified atom stereocenters. The quantitative estimate of drug-likeness (QED) is 0.783. The van der Waals surface area contributed by atoms with Gasteiger partial charge < -0.3 is 11.1 Å². The molecule has 4 heteroatoms. The van der Waals surface area contributed by atoms with Crippen LogP contribution in [0.2, 0.25) is 0 Å². The van der Waals surface area contributed by atoms with E-state index in [9.17, 15) is 4.79 Å². The van der Waals surface area contributed by atoms with E-state index >= 15 is 0 Å². The van der Waals surface area contributed by atoms with Crippen LogP contribution in [-0.2, 0) is 17.9 Å². The highest BCUT2D eigenvalue weighted by Gasteiger charge is 2.23. The normalized spacial score (nSPS) is 16.5. The number of carbonyl (C=O) groups is 1. The van der Waals surface area contributed by atoms with Gasteiger partial charge >= 0.3 is 0 Å². The number of amides is 1. The molecule has 0 saturated heterocycles. The van der Waals surface area contributed by atoms with Crippen molar-refractivity contribution >= 4 is 5.91 Å². The highest BCUT2D eigenvalue weighted by Crippen LogP contribution is 2.21. The predicted octanol–water partition coefficient (Wildman–Crippen LogP) is 0.856. The molecule has 1 atom stereocenters. The summed E-state index contributed by atoms with van der Waals surface area (Å²) >= 11 is 0. The number of primary amides is 1. The molecule has 4 nitrogen and oxygen atoms in total. The number of nitrogens with one attached hydrogen (secondary N) is 1. The fourth-order valence-electron chi connectivity index (χ4n) is 2.36. The summed E-state index contributed by atoms with van der Waals surface area (Å²) in [6, 6.07) is 8.16. The molecule has 1 aromatic rings. The molecule has 1 aliphatic heterocycles. The second-order valence-electron chi connectivity index (χ2n) is 4.85. The Balaban J connectivity index is 1.92. The fraction of sp³-hybridized carbons (Fsp3) is 0.500. The van der Waals surface area contributed by atoms with E-state index in [0.29, 0.717) is 6.54 Å². The summed E-state index contributed by atoms with van der Waals surface area (Å²) in [5.74, 6) is -0.264. The van der Waals surface area contributed by atoms with Crippen molar-refractivity contribution in [3.8, 4) is 0 Å². The predicted molar refractivity (Wildman–Crippen MR) is 71.8 cm³/mol. The molecule has 0 spiro atoms. The molecule has 1 amide bonds. The van der Waals surface area contributed by atoms with Crippen LogP contribution in [0, 0.1) is 0 Å². The van der Waals surface area contributed by atoms with Gasteiger partial charge in [0.15, 0.2) is 0 Å². The summed E-state index contributed by atoms with van der Waals surface area (Å²) in [5.41, 5.74) is 8.15. The van der Waals surface area contributed by atoms with E-state index in [4.69, 9.17) is 5.73 Å². The van der Waals surface area contributed by atoms with E-state index in [2.05, 4.69) is 41.4 Å². The maximum absolute atomic E-state index is 11.4. The largest absolute Gasteiger partial charge is 0.368 e. The first-order chi connectivity index (χ1) is 8.70. The van der Waals surface area contributed by atoms with Gasteiger partial charge in [0, 0.05) is 19.6 Å². The van der Waals surface area contributed by atoms with Crippen LogP contribution < -0.4 is 11.1 Å². The Morgan fingerprint density at radius 1 is 1.39 bits per heavy atom. The third kappa shape index (κ3) is 3.09. The zero-order valence-electron chi connectivity index (χ0n) is 10.9. The molecule has 0 fully saturated rings. The Bertz CT molecular complexity index is 394. The van der Waals surface area contributed by atoms with E-state index in [-0.39, 0.29) is 11.9 Å². The third-order valence-electron chi connectivity index (χ3n) is 3.33. The number of rotatable bonds is 6. The van der Waals surface area contributed by atoms with Gasteiger partial charge in [0.1, 0.15) is 0 Å². The Hall–Kier alpha value is -1.39. The standard InChI is InChI=1S/C14H21N3O/c1-2-7-16-13(14(15)18)10-17-8-11-5-3-4-6-12(11)9-17/h3-6,13,16H,2,7-10H2,1H3,(H2,15,18). The minimum atomic E-state index is -0.264. The van der Waals surface area contributed by atoms with Gasteiger partial charge in [-0.3, -0.25) is 9.69 Å². The number of fused-ring (bicyclic) bond motifs is 1. The first kappa shape index (κ1) is 13.1. The van der Waals surface area contributed by atoms with Crippen molar-refractivity contribution in [3.63, 3.8) is 0 Å². The van der Waals surface area contributed by atoms with Gasteiger partial charge in [0.2, 0.25) is 5.91 Å². The van der Waals surface area contributed by atoms with Crippen molar-refractivity contribution < 1.29 is 4.79 Å². The summed E-state index contributed by atoms with van der Waals surface area (Å²) in [6.07, 6.45) is 1.00. The van der Waals surface area contributed by atoms with Crippen molar-refractivity contribution in [3.05, 3.63) is 35.4 Å². The fourth-order valence-corrected chi connectivity index (χ4v) is 2.36. The SMILES string of the molecule is CCCNC(CN1Cc2ccccc2C1)C(N)=O. The number of hydrogen-bond acceptors (Lipinski definition) is 3. The minimum absolute atomic E-state index is 0.251. The van der Waals surface area contributed by atoms with Crippen LogP contribution in [0.1, 0.15) is 24.5 Å². The van der Waals surface area contributed by atoms with Crippen LogP contribution in [0.5, 0.6) is 0 Å². The van der Waals surface area contributed by atoms with Crippen molar-refractivity contribution in [1.29, 1.82) is 0 Å². The zero-order valence-corrected chi connectivity index (χ0v) is 10.9. The average molecular weight is 247 g/mol. The van der Waals surface area contributed by atoms with E-state index in [0.717, 1.165) is 26.1 Å². The van der Waals surface area contributed by atoms with Crippen LogP contribution in [0.3, 0.4) is 0 Å². The molecule has 0 saturated carbocycles. The monoisotopic (exact) mass is 247 g/mol. The van der Waals surface area contributed by atoms with Crippen LogP contribution >= 0.6 is 0 Å². The van der Waals surface area contributed by atoms with Gasteiger partial charge in [-0.05, 0) is 24.1 Å². The number of hydrogen-bond donors (Lipinski definition) is 2. The molecule has 98 valence electrons. The molecule has 0 radical (unpaired) electrons. The van der Waals surface area contributed by atoms with Gasteiger partial charge in [0.25, 0.3) is 0 Å². The average Bonchev–Trinajstić information content (AvgIpc) is 2.76. The first-order valence-electron chi connectivity index (χ1n) is 6.52. The Kier molecular flexibility index (Phi) is 4.33. The van der Waals surface area contributed by atoms with Crippen LogP contribution in [0.15, 0.2) is 24.3 Å².